The number of hydrogen-bond donors (Lipinski definition) is 0. The molecule has 1 heterocycles. The van der Waals surface area contributed by atoms with E-state index in [1.165, 1.54) is 31.2 Å². The lowest BCUT2D eigenvalue weighted by molar-refractivity contribution is -0.423. The van der Waals surface area contributed by atoms with Crippen LogP contribution >= 0.6 is 0 Å². The molecule has 0 N–H and O–H groups in total. The second-order valence-electron chi connectivity index (χ2n) is 5.17. The van der Waals surface area contributed by atoms with Crippen LogP contribution in [0.1, 0.15) is 62.8 Å². The van der Waals surface area contributed by atoms with Crippen LogP contribution in [0.4, 0.5) is 0 Å². The lowest BCUT2D eigenvalue weighted by Gasteiger charge is -2.25. The average molecular weight is 232 g/mol. The van der Waals surface area contributed by atoms with Gasteiger partial charge in [-0.15, -0.1) is 6.10 Å². The molecule has 1 aliphatic rings. The molecule has 1 saturated carbocycles. The fourth-order valence-electron chi connectivity index (χ4n) is 2.78. The van der Waals surface area contributed by atoms with Crippen molar-refractivity contribution in [3.05, 3.63) is 30.1 Å². The fraction of sp³-hybridized carbons (Fsp3) is 0.667. The van der Waals surface area contributed by atoms with E-state index < -0.39 is 0 Å². The predicted octanol–water partition coefficient (Wildman–Crippen LogP) is 3.03. The Balaban J connectivity index is 1.93. The first-order valence-corrected chi connectivity index (χ1v) is 6.92. The predicted molar refractivity (Wildman–Crippen MR) is 67.7 cm³/mol. The van der Waals surface area contributed by atoms with E-state index in [9.17, 15) is 5.11 Å². The second kappa shape index (κ2) is 6.75. The van der Waals surface area contributed by atoms with Crippen LogP contribution in [-0.4, -0.2) is 11.1 Å². The Morgan fingerprint density at radius 3 is 2.00 bits per heavy atom. The van der Waals surface area contributed by atoms with Crippen molar-refractivity contribution in [2.24, 2.45) is 0 Å². The Morgan fingerprint density at radius 1 is 0.882 bits per heavy atom. The summed E-state index contributed by atoms with van der Waals surface area (Å²) in [6.45, 7) is 0. The fourth-order valence-corrected chi connectivity index (χ4v) is 2.78. The molecule has 0 atom stereocenters. The zero-order valence-electron chi connectivity index (χ0n) is 10.5. The average Bonchev–Trinajstić information content (AvgIpc) is 2.38. The minimum absolute atomic E-state index is 0.299. The molecule has 1 aromatic rings. The summed E-state index contributed by atoms with van der Waals surface area (Å²) in [4.78, 5) is 4.08. The third kappa shape index (κ3) is 4.12. The maximum absolute atomic E-state index is 11.5. The topological polar surface area (TPSA) is 36.0 Å². The smallest absolute Gasteiger partial charge is 0.0270 e. The van der Waals surface area contributed by atoms with E-state index in [0.29, 0.717) is 5.92 Å². The molecule has 2 rings (SSSR count). The largest absolute Gasteiger partial charge is 0.852 e. The van der Waals surface area contributed by atoms with Gasteiger partial charge in [-0.05, 0) is 36.5 Å². The minimum Gasteiger partial charge on any atom is -0.852 e. The summed E-state index contributed by atoms with van der Waals surface area (Å²) in [5.74, 6) is 0.682. The molecule has 0 aliphatic heterocycles. The lowest BCUT2D eigenvalue weighted by Crippen LogP contribution is -2.25. The Bertz CT molecular complexity index is 300. The van der Waals surface area contributed by atoms with Crippen molar-refractivity contribution in [2.75, 3.05) is 0 Å². The standard InChI is InChI=1S/C15H22NO/c17-15-7-3-1-5-13(6-2-4-8-15)14-9-11-16-12-10-14/h9-13,15H,1-8H2/q-1. The maximum atomic E-state index is 11.5. The first-order chi connectivity index (χ1) is 8.36. The molecule has 0 spiro atoms. The van der Waals surface area contributed by atoms with E-state index in [4.69, 9.17) is 0 Å². The summed E-state index contributed by atoms with van der Waals surface area (Å²) in [5, 5.41) is 11.5. The van der Waals surface area contributed by atoms with Crippen LogP contribution in [0.5, 0.6) is 0 Å². The van der Waals surface area contributed by atoms with Crippen LogP contribution in [-0.2, 0) is 0 Å². The van der Waals surface area contributed by atoms with Gasteiger partial charge >= 0.3 is 0 Å². The molecule has 2 heteroatoms. The van der Waals surface area contributed by atoms with E-state index in [0.717, 1.165) is 25.7 Å². The van der Waals surface area contributed by atoms with Gasteiger partial charge in [0.1, 0.15) is 0 Å². The normalized spacial score (nSPS) is 27.6. The molecule has 17 heavy (non-hydrogen) atoms. The molecule has 94 valence electrons. The number of hydrogen-bond acceptors (Lipinski definition) is 2. The van der Waals surface area contributed by atoms with Crippen molar-refractivity contribution in [1.82, 2.24) is 4.98 Å². The van der Waals surface area contributed by atoms with Crippen LogP contribution < -0.4 is 5.11 Å². The number of nitrogens with zero attached hydrogens (tertiary/aromatic N) is 1. The molecule has 1 aliphatic carbocycles. The summed E-state index contributed by atoms with van der Waals surface area (Å²) < 4.78 is 0. The quantitative estimate of drug-likeness (QED) is 0.746. The molecule has 0 bridgehead atoms. The summed E-state index contributed by atoms with van der Waals surface area (Å²) in [7, 11) is 0. The van der Waals surface area contributed by atoms with Gasteiger partial charge in [0.2, 0.25) is 0 Å². The van der Waals surface area contributed by atoms with E-state index in [-0.39, 0.29) is 6.10 Å². The third-order valence-corrected chi connectivity index (χ3v) is 3.83. The van der Waals surface area contributed by atoms with Gasteiger partial charge in [0, 0.05) is 12.4 Å². The second-order valence-corrected chi connectivity index (χ2v) is 5.17. The van der Waals surface area contributed by atoms with E-state index in [2.05, 4.69) is 17.1 Å². The Labute approximate surface area is 104 Å². The molecular weight excluding hydrogens is 210 g/mol. The first-order valence-electron chi connectivity index (χ1n) is 6.92. The minimum atomic E-state index is -0.299. The van der Waals surface area contributed by atoms with E-state index >= 15 is 0 Å². The van der Waals surface area contributed by atoms with Crippen molar-refractivity contribution < 1.29 is 5.11 Å². The molecule has 0 amide bonds. The van der Waals surface area contributed by atoms with E-state index in [1.54, 1.807) is 0 Å². The van der Waals surface area contributed by atoms with Crippen molar-refractivity contribution in [3.8, 4) is 0 Å². The van der Waals surface area contributed by atoms with Gasteiger partial charge < -0.3 is 5.11 Å². The Morgan fingerprint density at radius 2 is 1.41 bits per heavy atom. The molecule has 0 aromatic carbocycles. The van der Waals surface area contributed by atoms with Crippen molar-refractivity contribution in [3.63, 3.8) is 0 Å². The third-order valence-electron chi connectivity index (χ3n) is 3.83. The van der Waals surface area contributed by atoms with Crippen molar-refractivity contribution in [2.45, 2.75) is 63.4 Å². The lowest BCUT2D eigenvalue weighted by atomic mass is 9.87. The van der Waals surface area contributed by atoms with Gasteiger partial charge in [0.05, 0.1) is 0 Å². The zero-order valence-corrected chi connectivity index (χ0v) is 10.5. The number of pyridine rings is 1. The molecular formula is C15H22NO-. The first kappa shape index (κ1) is 12.6. The zero-order chi connectivity index (χ0) is 11.9. The number of rotatable bonds is 1. The van der Waals surface area contributed by atoms with Gasteiger partial charge in [0.25, 0.3) is 0 Å². The highest BCUT2D eigenvalue weighted by atomic mass is 16.3. The molecule has 0 saturated heterocycles. The maximum Gasteiger partial charge on any atom is 0.0270 e. The summed E-state index contributed by atoms with van der Waals surface area (Å²) in [6, 6.07) is 4.29. The highest BCUT2D eigenvalue weighted by Gasteiger charge is 2.12. The summed E-state index contributed by atoms with van der Waals surface area (Å²) >= 11 is 0. The molecule has 1 fully saturated rings. The Hall–Kier alpha value is -0.890. The van der Waals surface area contributed by atoms with Crippen molar-refractivity contribution in [1.29, 1.82) is 0 Å². The highest BCUT2D eigenvalue weighted by Crippen LogP contribution is 2.29. The van der Waals surface area contributed by atoms with Gasteiger partial charge in [-0.1, -0.05) is 38.5 Å². The van der Waals surface area contributed by atoms with Crippen LogP contribution in [0.25, 0.3) is 0 Å². The van der Waals surface area contributed by atoms with Gasteiger partial charge in [0.15, 0.2) is 0 Å². The van der Waals surface area contributed by atoms with Gasteiger partial charge in [-0.25, -0.2) is 0 Å². The summed E-state index contributed by atoms with van der Waals surface area (Å²) in [6.07, 6.45) is 12.3. The Kier molecular flexibility index (Phi) is 4.99. The van der Waals surface area contributed by atoms with Gasteiger partial charge in [-0.2, -0.15) is 0 Å². The highest BCUT2D eigenvalue weighted by molar-refractivity contribution is 5.15. The van der Waals surface area contributed by atoms with Crippen LogP contribution in [0.3, 0.4) is 0 Å². The monoisotopic (exact) mass is 232 g/mol. The molecule has 0 unspecified atom stereocenters. The SMILES string of the molecule is [O-]C1CCCCC(c2ccncc2)CCCC1. The molecule has 0 radical (unpaired) electrons. The van der Waals surface area contributed by atoms with Gasteiger partial charge in [-0.3, -0.25) is 4.98 Å². The van der Waals surface area contributed by atoms with Crippen LogP contribution in [0, 0.1) is 0 Å². The number of aromatic nitrogens is 1. The molecule has 1 aromatic heterocycles. The van der Waals surface area contributed by atoms with Crippen LogP contribution in [0.15, 0.2) is 24.5 Å². The molecule has 2 nitrogen and oxygen atoms in total. The van der Waals surface area contributed by atoms with E-state index in [1.807, 2.05) is 12.4 Å². The van der Waals surface area contributed by atoms with Crippen LogP contribution in [0.2, 0.25) is 0 Å². The summed E-state index contributed by atoms with van der Waals surface area (Å²) in [5.41, 5.74) is 1.43. The van der Waals surface area contributed by atoms with Crippen molar-refractivity contribution >= 4 is 0 Å².